The summed E-state index contributed by atoms with van der Waals surface area (Å²) in [6.07, 6.45) is 2.18. The second-order valence-corrected chi connectivity index (χ2v) is 6.40. The molecule has 2 fully saturated rings. The van der Waals surface area contributed by atoms with Crippen LogP contribution in [-0.4, -0.2) is 58.1 Å². The van der Waals surface area contributed by atoms with E-state index in [2.05, 4.69) is 10.2 Å². The molecule has 0 unspecified atom stereocenters. The average molecular weight is 355 g/mol. The summed E-state index contributed by atoms with van der Waals surface area (Å²) >= 11 is 6.09. The second kappa shape index (κ2) is 8.67. The van der Waals surface area contributed by atoms with Gasteiger partial charge in [0.05, 0.1) is 37.3 Å². The fraction of sp³-hybridized carbons (Fsp3) is 0.588. The molecule has 1 aromatic carbocycles. The van der Waals surface area contributed by atoms with Crippen LogP contribution in [0.3, 0.4) is 0 Å². The number of morpholine rings is 1. The third kappa shape index (κ3) is 4.83. The molecule has 2 aliphatic rings. The molecule has 3 rings (SSSR count). The van der Waals surface area contributed by atoms with Gasteiger partial charge in [-0.1, -0.05) is 11.6 Å². The first-order chi connectivity index (χ1) is 11.7. The maximum atomic E-state index is 12.2. The van der Waals surface area contributed by atoms with Crippen LogP contribution in [0.5, 0.6) is 0 Å². The van der Waals surface area contributed by atoms with Gasteiger partial charge in [0, 0.05) is 24.7 Å². The summed E-state index contributed by atoms with van der Waals surface area (Å²) < 4.78 is 16.3. The summed E-state index contributed by atoms with van der Waals surface area (Å²) in [7, 11) is 0. The predicted octanol–water partition coefficient (Wildman–Crippen LogP) is 2.31. The molecule has 0 radical (unpaired) electrons. The van der Waals surface area contributed by atoms with Crippen molar-refractivity contribution in [1.82, 2.24) is 0 Å². The third-order valence-corrected chi connectivity index (χ3v) is 4.38. The largest absolute Gasteiger partial charge is 0.378 e. The number of nitrogens with zero attached hydrogens (tertiary/aromatic N) is 1. The van der Waals surface area contributed by atoms with Crippen molar-refractivity contribution in [2.45, 2.75) is 18.9 Å². The van der Waals surface area contributed by atoms with E-state index in [1.165, 1.54) is 0 Å². The Kier molecular flexibility index (Phi) is 6.31. The Morgan fingerprint density at radius 1 is 1.33 bits per heavy atom. The second-order valence-electron chi connectivity index (χ2n) is 5.96. The molecule has 0 bridgehead atoms. The van der Waals surface area contributed by atoms with Crippen LogP contribution in [0.1, 0.15) is 12.8 Å². The number of rotatable bonds is 6. The van der Waals surface area contributed by atoms with Gasteiger partial charge in [-0.25, -0.2) is 0 Å². The van der Waals surface area contributed by atoms with Gasteiger partial charge in [0.25, 0.3) is 0 Å². The lowest BCUT2D eigenvalue weighted by molar-refractivity contribution is -0.121. The molecule has 7 heteroatoms. The lowest BCUT2D eigenvalue weighted by atomic mass is 10.2. The minimum atomic E-state index is -0.190. The fourth-order valence-corrected chi connectivity index (χ4v) is 3.11. The number of nitrogens with one attached hydrogen (secondary N) is 1. The van der Waals surface area contributed by atoms with E-state index >= 15 is 0 Å². The summed E-state index contributed by atoms with van der Waals surface area (Å²) in [5, 5.41) is 3.49. The Hall–Kier alpha value is -1.34. The van der Waals surface area contributed by atoms with E-state index in [9.17, 15) is 4.79 Å². The Balaban J connectivity index is 1.56. The smallest absolute Gasteiger partial charge is 0.250 e. The van der Waals surface area contributed by atoms with Gasteiger partial charge in [-0.05, 0) is 31.0 Å². The SMILES string of the molecule is O=C(COC[C@@H]1CCCO1)Nc1cc(Cl)ccc1N1CCOCC1. The van der Waals surface area contributed by atoms with Crippen LogP contribution >= 0.6 is 11.6 Å². The molecule has 1 atom stereocenters. The van der Waals surface area contributed by atoms with Crippen molar-refractivity contribution < 1.29 is 19.0 Å². The maximum Gasteiger partial charge on any atom is 0.250 e. The highest BCUT2D eigenvalue weighted by Gasteiger charge is 2.18. The number of ether oxygens (including phenoxy) is 3. The number of halogens is 1. The first kappa shape index (κ1) is 17.5. The van der Waals surface area contributed by atoms with Crippen LogP contribution < -0.4 is 10.2 Å². The first-order valence-electron chi connectivity index (χ1n) is 8.34. The van der Waals surface area contributed by atoms with Crippen LogP contribution in [0, 0.1) is 0 Å². The highest BCUT2D eigenvalue weighted by molar-refractivity contribution is 6.31. The molecule has 132 valence electrons. The Morgan fingerprint density at radius 2 is 2.17 bits per heavy atom. The lowest BCUT2D eigenvalue weighted by Crippen LogP contribution is -2.37. The van der Waals surface area contributed by atoms with Crippen LogP contribution in [-0.2, 0) is 19.0 Å². The highest BCUT2D eigenvalue weighted by atomic mass is 35.5. The van der Waals surface area contributed by atoms with Crippen molar-refractivity contribution >= 4 is 28.9 Å². The third-order valence-electron chi connectivity index (χ3n) is 4.15. The summed E-state index contributed by atoms with van der Waals surface area (Å²) in [5.74, 6) is -0.190. The number of hydrogen-bond donors (Lipinski definition) is 1. The molecule has 0 aliphatic carbocycles. The van der Waals surface area contributed by atoms with Crippen molar-refractivity contribution in [2.75, 3.05) is 56.3 Å². The minimum absolute atomic E-state index is 0.00885. The summed E-state index contributed by atoms with van der Waals surface area (Å²) in [4.78, 5) is 14.4. The number of carbonyl (C=O) groups is 1. The van der Waals surface area contributed by atoms with E-state index in [-0.39, 0.29) is 18.6 Å². The molecule has 1 amide bonds. The zero-order chi connectivity index (χ0) is 16.8. The summed E-state index contributed by atoms with van der Waals surface area (Å²) in [6.45, 7) is 4.20. The predicted molar refractivity (Wildman–Crippen MR) is 92.9 cm³/mol. The summed E-state index contributed by atoms with van der Waals surface area (Å²) in [6, 6.07) is 5.52. The number of hydrogen-bond acceptors (Lipinski definition) is 5. The normalized spacial score (nSPS) is 21.0. The highest BCUT2D eigenvalue weighted by Crippen LogP contribution is 2.29. The molecule has 2 saturated heterocycles. The molecule has 24 heavy (non-hydrogen) atoms. The van der Waals surface area contributed by atoms with E-state index in [0.717, 1.165) is 38.2 Å². The van der Waals surface area contributed by atoms with E-state index in [1.54, 1.807) is 6.07 Å². The van der Waals surface area contributed by atoms with Gasteiger partial charge < -0.3 is 24.4 Å². The van der Waals surface area contributed by atoms with Gasteiger partial charge in [-0.15, -0.1) is 0 Å². The minimum Gasteiger partial charge on any atom is -0.378 e. The summed E-state index contributed by atoms with van der Waals surface area (Å²) in [5.41, 5.74) is 1.66. The number of anilines is 2. The van der Waals surface area contributed by atoms with Gasteiger partial charge >= 0.3 is 0 Å². The van der Waals surface area contributed by atoms with Crippen molar-refractivity contribution in [1.29, 1.82) is 0 Å². The number of amides is 1. The van der Waals surface area contributed by atoms with Crippen LogP contribution in [0.2, 0.25) is 5.02 Å². The average Bonchev–Trinajstić information content (AvgIpc) is 3.09. The molecular formula is C17H23ClN2O4. The zero-order valence-electron chi connectivity index (χ0n) is 13.6. The maximum absolute atomic E-state index is 12.2. The Morgan fingerprint density at radius 3 is 2.92 bits per heavy atom. The van der Waals surface area contributed by atoms with E-state index in [4.69, 9.17) is 25.8 Å². The van der Waals surface area contributed by atoms with Gasteiger partial charge in [-0.3, -0.25) is 4.79 Å². The van der Waals surface area contributed by atoms with Gasteiger partial charge in [0.1, 0.15) is 6.61 Å². The van der Waals surface area contributed by atoms with Crippen LogP contribution in [0.4, 0.5) is 11.4 Å². The molecule has 1 N–H and O–H groups in total. The molecule has 1 aromatic rings. The van der Waals surface area contributed by atoms with Crippen molar-refractivity contribution in [2.24, 2.45) is 0 Å². The fourth-order valence-electron chi connectivity index (χ4n) is 2.93. The lowest BCUT2D eigenvalue weighted by Gasteiger charge is -2.30. The van der Waals surface area contributed by atoms with Crippen molar-refractivity contribution in [3.05, 3.63) is 23.2 Å². The monoisotopic (exact) mass is 354 g/mol. The van der Waals surface area contributed by atoms with Crippen LogP contribution in [0.25, 0.3) is 0 Å². The molecule has 0 saturated carbocycles. The molecule has 2 heterocycles. The van der Waals surface area contributed by atoms with E-state index in [0.29, 0.717) is 30.5 Å². The van der Waals surface area contributed by atoms with Crippen molar-refractivity contribution in [3.63, 3.8) is 0 Å². The molecule has 2 aliphatic heterocycles. The van der Waals surface area contributed by atoms with Crippen LogP contribution in [0.15, 0.2) is 18.2 Å². The standard InChI is InChI=1S/C17H23ClN2O4/c18-13-3-4-16(20-5-8-22-9-6-20)15(10-13)19-17(21)12-23-11-14-2-1-7-24-14/h3-4,10,14H,1-2,5-9,11-12H2,(H,19,21)/t14-/m0/s1. The quantitative estimate of drug-likeness (QED) is 0.849. The van der Waals surface area contributed by atoms with Gasteiger partial charge in [0.2, 0.25) is 5.91 Å². The number of benzene rings is 1. The van der Waals surface area contributed by atoms with Gasteiger partial charge in [-0.2, -0.15) is 0 Å². The topological polar surface area (TPSA) is 60.0 Å². The molecule has 0 spiro atoms. The van der Waals surface area contributed by atoms with E-state index in [1.807, 2.05) is 12.1 Å². The molecule has 0 aromatic heterocycles. The number of carbonyl (C=O) groups excluding carboxylic acids is 1. The van der Waals surface area contributed by atoms with Crippen molar-refractivity contribution in [3.8, 4) is 0 Å². The Bertz CT molecular complexity index is 558. The Labute approximate surface area is 147 Å². The zero-order valence-corrected chi connectivity index (χ0v) is 14.4. The first-order valence-corrected chi connectivity index (χ1v) is 8.71. The van der Waals surface area contributed by atoms with Gasteiger partial charge in [0.15, 0.2) is 0 Å². The van der Waals surface area contributed by atoms with E-state index < -0.39 is 0 Å². The molecule has 6 nitrogen and oxygen atoms in total. The molecular weight excluding hydrogens is 332 g/mol.